The maximum absolute atomic E-state index is 12.6. The second-order valence-electron chi connectivity index (χ2n) is 5.34. The second kappa shape index (κ2) is 5.71. The quantitative estimate of drug-likeness (QED) is 0.723. The van der Waals surface area contributed by atoms with E-state index < -0.39 is 15.9 Å². The molecule has 0 N–H and O–H groups in total. The number of aromatic nitrogens is 1. The number of carbonyl (C=O) groups excluding carboxylic acids is 1. The third kappa shape index (κ3) is 2.54. The number of amides is 1. The van der Waals surface area contributed by atoms with Gasteiger partial charge in [0.25, 0.3) is 15.9 Å². The van der Waals surface area contributed by atoms with Crippen LogP contribution in [0.15, 0.2) is 78.0 Å². The molecule has 0 atom stereocenters. The van der Waals surface area contributed by atoms with Crippen molar-refractivity contribution in [3.05, 3.63) is 78.5 Å². The predicted octanol–water partition coefficient (Wildman–Crippen LogP) is 3.22. The highest BCUT2D eigenvalue weighted by atomic mass is 32.2. The van der Waals surface area contributed by atoms with Crippen molar-refractivity contribution in [2.24, 2.45) is 0 Å². The fourth-order valence-electron chi connectivity index (χ4n) is 2.59. The highest BCUT2D eigenvalue weighted by Crippen LogP contribution is 2.34. The lowest BCUT2D eigenvalue weighted by Gasteiger charge is -2.15. The molecule has 7 heteroatoms. The van der Waals surface area contributed by atoms with E-state index in [1.165, 1.54) is 30.5 Å². The Bertz CT molecular complexity index is 1050. The highest BCUT2D eigenvalue weighted by Gasteiger charge is 2.43. The number of hydrogen-bond donors (Lipinski definition) is 0. The maximum atomic E-state index is 12.6. The summed E-state index contributed by atoms with van der Waals surface area (Å²) in [6.07, 6.45) is 1.35. The molecule has 2 aromatic carbocycles. The molecule has 25 heavy (non-hydrogen) atoms. The van der Waals surface area contributed by atoms with Crippen LogP contribution in [-0.4, -0.2) is 19.3 Å². The van der Waals surface area contributed by atoms with E-state index in [4.69, 9.17) is 4.74 Å². The molecule has 124 valence electrons. The van der Waals surface area contributed by atoms with Gasteiger partial charge in [-0.15, -0.1) is 0 Å². The number of sulfonamides is 1. The number of pyridine rings is 1. The smallest absolute Gasteiger partial charge is 0.289 e. The summed E-state index contributed by atoms with van der Waals surface area (Å²) in [6.45, 7) is 0. The lowest BCUT2D eigenvalue weighted by Crippen LogP contribution is -2.29. The summed E-state index contributed by atoms with van der Waals surface area (Å²) in [6, 6.07) is 18.5. The maximum Gasteiger partial charge on any atom is 0.289 e. The molecule has 2 heterocycles. The summed E-state index contributed by atoms with van der Waals surface area (Å²) in [5, 5.41) is -0.218. The summed E-state index contributed by atoms with van der Waals surface area (Å²) >= 11 is 0. The summed E-state index contributed by atoms with van der Waals surface area (Å²) in [5.74, 6) is 0.589. The Balaban J connectivity index is 1.66. The fourth-order valence-corrected chi connectivity index (χ4v) is 4.11. The fraction of sp³-hybridized carbons (Fsp3) is 0. The van der Waals surface area contributed by atoms with E-state index >= 15 is 0 Å². The molecule has 0 saturated carbocycles. The van der Waals surface area contributed by atoms with Crippen LogP contribution in [0.3, 0.4) is 0 Å². The zero-order chi connectivity index (χ0) is 17.4. The zero-order valence-electron chi connectivity index (χ0n) is 12.9. The Hall–Kier alpha value is -3.19. The molecule has 1 aromatic heterocycles. The van der Waals surface area contributed by atoms with Gasteiger partial charge in [0.1, 0.15) is 11.5 Å². The lowest BCUT2D eigenvalue weighted by atomic mass is 10.2. The molecule has 1 aliphatic heterocycles. The Morgan fingerprint density at radius 1 is 0.840 bits per heavy atom. The van der Waals surface area contributed by atoms with Crippen LogP contribution in [-0.2, 0) is 10.0 Å². The number of carbonyl (C=O) groups is 1. The van der Waals surface area contributed by atoms with E-state index in [0.717, 1.165) is 4.31 Å². The van der Waals surface area contributed by atoms with Crippen molar-refractivity contribution >= 4 is 21.6 Å². The van der Waals surface area contributed by atoms with Crippen LogP contribution in [0, 0.1) is 0 Å². The van der Waals surface area contributed by atoms with Crippen molar-refractivity contribution in [3.63, 3.8) is 0 Å². The molecular formula is C18H12N2O4S. The first-order chi connectivity index (χ1) is 12.1. The van der Waals surface area contributed by atoms with Gasteiger partial charge in [0.05, 0.1) is 11.3 Å². The third-order valence-electron chi connectivity index (χ3n) is 3.72. The number of fused-ring (bicyclic) bond motifs is 1. The Labute approximate surface area is 144 Å². The highest BCUT2D eigenvalue weighted by molar-refractivity contribution is 7.94. The van der Waals surface area contributed by atoms with Crippen LogP contribution >= 0.6 is 0 Å². The number of nitrogens with zero attached hydrogens (tertiary/aromatic N) is 2. The first-order valence-electron chi connectivity index (χ1n) is 7.45. The number of hydrogen-bond acceptors (Lipinski definition) is 5. The van der Waals surface area contributed by atoms with Crippen LogP contribution in [0.25, 0.3) is 0 Å². The van der Waals surface area contributed by atoms with Gasteiger partial charge in [-0.05, 0) is 48.5 Å². The standard InChI is InChI=1S/C18H12N2O4S/c21-18-16-7-4-12-19-17(16)25(22,23)20(18)13-8-10-15(11-9-13)24-14-5-2-1-3-6-14/h1-12H. The minimum atomic E-state index is -3.99. The average molecular weight is 352 g/mol. The van der Waals surface area contributed by atoms with E-state index in [1.54, 1.807) is 12.1 Å². The second-order valence-corrected chi connectivity index (χ2v) is 7.04. The van der Waals surface area contributed by atoms with Crippen LogP contribution < -0.4 is 9.04 Å². The van der Waals surface area contributed by atoms with Gasteiger partial charge in [0.15, 0.2) is 5.03 Å². The molecule has 0 radical (unpaired) electrons. The molecule has 0 fully saturated rings. The monoisotopic (exact) mass is 352 g/mol. The number of benzene rings is 2. The Morgan fingerprint density at radius 3 is 2.20 bits per heavy atom. The number of ether oxygens (including phenoxy) is 1. The lowest BCUT2D eigenvalue weighted by molar-refractivity contribution is 0.101. The van der Waals surface area contributed by atoms with E-state index in [1.807, 2.05) is 30.3 Å². The summed E-state index contributed by atoms with van der Waals surface area (Å²) in [7, 11) is -3.99. The van der Waals surface area contributed by atoms with Crippen molar-refractivity contribution in [2.75, 3.05) is 4.31 Å². The van der Waals surface area contributed by atoms with Crippen molar-refractivity contribution in [3.8, 4) is 11.5 Å². The van der Waals surface area contributed by atoms with Crippen LogP contribution in [0.4, 0.5) is 5.69 Å². The molecule has 0 aliphatic carbocycles. The average Bonchev–Trinajstić information content (AvgIpc) is 2.84. The van der Waals surface area contributed by atoms with E-state index in [9.17, 15) is 13.2 Å². The van der Waals surface area contributed by atoms with Crippen LogP contribution in [0.1, 0.15) is 10.4 Å². The van der Waals surface area contributed by atoms with Gasteiger partial charge in [0, 0.05) is 6.20 Å². The third-order valence-corrected chi connectivity index (χ3v) is 5.39. The minimum Gasteiger partial charge on any atom is -0.457 e. The molecule has 4 rings (SSSR count). The molecule has 6 nitrogen and oxygen atoms in total. The van der Waals surface area contributed by atoms with Crippen LogP contribution in [0.2, 0.25) is 0 Å². The van der Waals surface area contributed by atoms with E-state index in [-0.39, 0.29) is 16.3 Å². The van der Waals surface area contributed by atoms with E-state index in [0.29, 0.717) is 11.5 Å². The van der Waals surface area contributed by atoms with Crippen molar-refractivity contribution < 1.29 is 17.9 Å². The molecule has 0 bridgehead atoms. The van der Waals surface area contributed by atoms with Crippen molar-refractivity contribution in [1.82, 2.24) is 4.98 Å². The predicted molar refractivity (Wildman–Crippen MR) is 91.2 cm³/mol. The molecule has 0 saturated heterocycles. The molecule has 3 aromatic rings. The van der Waals surface area contributed by atoms with Gasteiger partial charge < -0.3 is 4.74 Å². The first-order valence-corrected chi connectivity index (χ1v) is 8.89. The topological polar surface area (TPSA) is 76.6 Å². The van der Waals surface area contributed by atoms with Gasteiger partial charge in [-0.1, -0.05) is 18.2 Å². The van der Waals surface area contributed by atoms with Gasteiger partial charge in [-0.25, -0.2) is 4.98 Å². The number of rotatable bonds is 3. The molecular weight excluding hydrogens is 340 g/mol. The molecule has 1 aliphatic rings. The Morgan fingerprint density at radius 2 is 1.52 bits per heavy atom. The van der Waals surface area contributed by atoms with Gasteiger partial charge in [-0.3, -0.25) is 4.79 Å². The van der Waals surface area contributed by atoms with E-state index in [2.05, 4.69) is 4.98 Å². The molecule has 1 amide bonds. The summed E-state index contributed by atoms with van der Waals surface area (Å²) in [5.41, 5.74) is 0.315. The zero-order valence-corrected chi connectivity index (χ0v) is 13.7. The van der Waals surface area contributed by atoms with Crippen LogP contribution in [0.5, 0.6) is 11.5 Å². The number of anilines is 1. The minimum absolute atomic E-state index is 0.0760. The van der Waals surface area contributed by atoms with Gasteiger partial charge in [0.2, 0.25) is 0 Å². The summed E-state index contributed by atoms with van der Waals surface area (Å²) in [4.78, 5) is 16.3. The molecule has 0 unspecified atom stereocenters. The first kappa shape index (κ1) is 15.3. The largest absolute Gasteiger partial charge is 0.457 e. The number of para-hydroxylation sites is 1. The SMILES string of the molecule is O=C1c2cccnc2S(=O)(=O)N1c1ccc(Oc2ccccc2)cc1. The van der Waals surface area contributed by atoms with Crippen molar-refractivity contribution in [1.29, 1.82) is 0 Å². The Kier molecular flexibility index (Phi) is 3.51. The van der Waals surface area contributed by atoms with Gasteiger partial charge in [-0.2, -0.15) is 12.7 Å². The summed E-state index contributed by atoms with van der Waals surface area (Å²) < 4.78 is 31.6. The van der Waals surface area contributed by atoms with Gasteiger partial charge >= 0.3 is 0 Å². The van der Waals surface area contributed by atoms with Crippen molar-refractivity contribution in [2.45, 2.75) is 5.03 Å². The normalized spacial score (nSPS) is 15.0. The molecule has 0 spiro atoms.